The minimum atomic E-state index is -2.91. The average molecular weight is 338 g/mol. The molecule has 5 nitrogen and oxygen atoms in total. The summed E-state index contributed by atoms with van der Waals surface area (Å²) in [7, 11) is 0. The van der Waals surface area contributed by atoms with Crippen LogP contribution in [0.2, 0.25) is 0 Å². The van der Waals surface area contributed by atoms with Crippen LogP contribution >= 0.6 is 0 Å². The summed E-state index contributed by atoms with van der Waals surface area (Å²) in [5.41, 5.74) is -0.670. The Kier molecular flexibility index (Phi) is 4.68. The van der Waals surface area contributed by atoms with E-state index in [-0.39, 0.29) is 19.5 Å². The van der Waals surface area contributed by atoms with E-state index in [2.05, 4.69) is 4.72 Å². The highest BCUT2D eigenvalue weighted by Gasteiger charge is 2.61. The zero-order valence-corrected chi connectivity index (χ0v) is 14.0. The van der Waals surface area contributed by atoms with Crippen molar-refractivity contribution in [2.75, 3.05) is 13.1 Å². The minimum Gasteiger partial charge on any atom is -0.598 e. The van der Waals surface area contributed by atoms with Gasteiger partial charge in [-0.25, -0.2) is 13.6 Å². The Hall–Kier alpha value is -0.600. The number of rotatable bonds is 2. The van der Waals surface area contributed by atoms with Crippen molar-refractivity contribution in [3.63, 3.8) is 0 Å². The molecule has 2 aliphatic rings. The first-order chi connectivity index (χ1) is 9.98. The normalized spacial score (nSPS) is 28.8. The lowest BCUT2D eigenvalue weighted by Crippen LogP contribution is -2.58. The van der Waals surface area contributed by atoms with Gasteiger partial charge in [0.2, 0.25) is 0 Å². The quantitative estimate of drug-likeness (QED) is 0.759. The second-order valence-corrected chi connectivity index (χ2v) is 9.32. The molecular formula is C14H24F2N2O3S. The Labute approximate surface area is 132 Å². The number of hydrogen-bond acceptors (Lipinski definition) is 3. The largest absolute Gasteiger partial charge is 0.598 e. The summed E-state index contributed by atoms with van der Waals surface area (Å²) in [5.74, 6) is -2.91. The number of halogens is 2. The number of amides is 1. The fraction of sp³-hybridized carbons (Fsp3) is 0.929. The number of piperidine rings is 1. The lowest BCUT2D eigenvalue weighted by molar-refractivity contribution is -0.0402. The fourth-order valence-electron chi connectivity index (χ4n) is 3.33. The van der Waals surface area contributed by atoms with Gasteiger partial charge < -0.3 is 14.6 Å². The van der Waals surface area contributed by atoms with Crippen LogP contribution in [0.3, 0.4) is 0 Å². The molecule has 22 heavy (non-hydrogen) atoms. The first kappa shape index (κ1) is 17.7. The third-order valence-electron chi connectivity index (χ3n) is 4.80. The molecule has 2 atom stereocenters. The molecule has 128 valence electrons. The van der Waals surface area contributed by atoms with Gasteiger partial charge in [0.25, 0.3) is 5.92 Å². The predicted octanol–water partition coefficient (Wildman–Crippen LogP) is 2.60. The Balaban J connectivity index is 2.15. The average Bonchev–Trinajstić information content (AvgIpc) is 2.63. The fourth-order valence-corrected chi connectivity index (χ4v) is 4.32. The zero-order valence-electron chi connectivity index (χ0n) is 13.2. The Morgan fingerprint density at radius 3 is 2.27 bits per heavy atom. The zero-order chi connectivity index (χ0) is 16.8. The molecule has 0 aromatic carbocycles. The van der Waals surface area contributed by atoms with Crippen molar-refractivity contribution >= 4 is 17.5 Å². The molecule has 0 aromatic heterocycles. The molecule has 1 saturated carbocycles. The second kappa shape index (κ2) is 5.79. The lowest BCUT2D eigenvalue weighted by atomic mass is 9.74. The van der Waals surface area contributed by atoms with Crippen molar-refractivity contribution in [3.8, 4) is 0 Å². The molecule has 1 unspecified atom stereocenters. The van der Waals surface area contributed by atoms with Crippen LogP contribution in [-0.4, -0.2) is 50.5 Å². The van der Waals surface area contributed by atoms with E-state index in [4.69, 9.17) is 5.11 Å². The SMILES string of the molecule is CC(C)(C)[S+]([O-])N[C@@H]1C(F)(F)CCC12CCN(C(=O)O)CC2. The number of nitrogens with zero attached hydrogens (tertiary/aromatic N) is 1. The molecule has 2 fully saturated rings. The van der Waals surface area contributed by atoms with Crippen LogP contribution in [0.5, 0.6) is 0 Å². The Morgan fingerprint density at radius 1 is 1.27 bits per heavy atom. The first-order valence-electron chi connectivity index (χ1n) is 7.52. The second-order valence-electron chi connectivity index (χ2n) is 7.32. The molecule has 1 heterocycles. The standard InChI is InChI=1S/C14H24F2N2O3S/c1-12(2,3)22(21)17-10-13(4-5-14(10,15)16)6-8-18(9-7-13)11(19)20/h10,17H,4-9H2,1-3H3,(H,19,20)/t10-,22?/m0/s1. The van der Waals surface area contributed by atoms with Crippen LogP contribution in [0.1, 0.15) is 46.5 Å². The van der Waals surface area contributed by atoms with E-state index in [1.807, 2.05) is 0 Å². The monoisotopic (exact) mass is 338 g/mol. The van der Waals surface area contributed by atoms with E-state index < -0.39 is 39.6 Å². The summed E-state index contributed by atoms with van der Waals surface area (Å²) >= 11 is -1.58. The van der Waals surface area contributed by atoms with Gasteiger partial charge in [0.05, 0.1) is 0 Å². The van der Waals surface area contributed by atoms with Gasteiger partial charge in [-0.3, -0.25) is 0 Å². The minimum absolute atomic E-state index is 0.237. The van der Waals surface area contributed by atoms with E-state index in [0.717, 1.165) is 0 Å². The van der Waals surface area contributed by atoms with Crippen LogP contribution in [-0.2, 0) is 11.4 Å². The topological polar surface area (TPSA) is 75.6 Å². The van der Waals surface area contributed by atoms with Crippen molar-refractivity contribution in [1.82, 2.24) is 9.62 Å². The van der Waals surface area contributed by atoms with Gasteiger partial charge in [-0.2, -0.15) is 0 Å². The van der Waals surface area contributed by atoms with Gasteiger partial charge in [-0.1, -0.05) is 0 Å². The van der Waals surface area contributed by atoms with Crippen molar-refractivity contribution in [1.29, 1.82) is 0 Å². The van der Waals surface area contributed by atoms with Gasteiger partial charge in [-0.05, 0) is 45.4 Å². The molecule has 1 aliphatic carbocycles. The maximum atomic E-state index is 14.3. The third kappa shape index (κ3) is 3.33. The number of nitrogens with one attached hydrogen (secondary N) is 1. The molecule has 0 aromatic rings. The molecule has 0 radical (unpaired) electrons. The van der Waals surface area contributed by atoms with Crippen LogP contribution in [0.15, 0.2) is 0 Å². The van der Waals surface area contributed by atoms with Crippen LogP contribution in [0.25, 0.3) is 0 Å². The summed E-state index contributed by atoms with van der Waals surface area (Å²) < 4.78 is 42.9. The number of carbonyl (C=O) groups is 1. The van der Waals surface area contributed by atoms with Gasteiger partial charge in [-0.15, -0.1) is 4.72 Å². The third-order valence-corrected chi connectivity index (χ3v) is 6.36. The highest BCUT2D eigenvalue weighted by atomic mass is 32.2. The van der Waals surface area contributed by atoms with Crippen molar-refractivity contribution in [2.45, 2.75) is 63.2 Å². The van der Waals surface area contributed by atoms with E-state index in [1.165, 1.54) is 4.90 Å². The number of hydrogen-bond donors (Lipinski definition) is 2. The summed E-state index contributed by atoms with van der Waals surface area (Å²) in [4.78, 5) is 12.3. The lowest BCUT2D eigenvalue weighted by Gasteiger charge is -2.43. The van der Waals surface area contributed by atoms with E-state index >= 15 is 0 Å². The maximum absolute atomic E-state index is 14.3. The highest BCUT2D eigenvalue weighted by molar-refractivity contribution is 7.90. The van der Waals surface area contributed by atoms with Gasteiger partial charge in [0.1, 0.15) is 10.8 Å². The highest BCUT2D eigenvalue weighted by Crippen LogP contribution is 2.53. The first-order valence-corrected chi connectivity index (χ1v) is 8.67. The number of alkyl halides is 2. The van der Waals surface area contributed by atoms with Gasteiger partial charge >= 0.3 is 6.09 Å². The molecule has 2 rings (SSSR count). The van der Waals surface area contributed by atoms with E-state index in [9.17, 15) is 18.1 Å². The smallest absolute Gasteiger partial charge is 0.407 e. The molecule has 1 saturated heterocycles. The van der Waals surface area contributed by atoms with Crippen molar-refractivity contribution < 1.29 is 23.2 Å². The number of likely N-dealkylation sites (tertiary alicyclic amines) is 1. The molecule has 1 amide bonds. The summed E-state index contributed by atoms with van der Waals surface area (Å²) in [6.07, 6.45) is -0.143. The number of carboxylic acid groups (broad SMARTS) is 1. The van der Waals surface area contributed by atoms with Crippen LogP contribution in [0.4, 0.5) is 13.6 Å². The Morgan fingerprint density at radius 2 is 1.82 bits per heavy atom. The molecule has 1 spiro atoms. The molecular weight excluding hydrogens is 314 g/mol. The molecule has 0 bridgehead atoms. The van der Waals surface area contributed by atoms with Crippen molar-refractivity contribution in [3.05, 3.63) is 0 Å². The van der Waals surface area contributed by atoms with E-state index in [0.29, 0.717) is 19.3 Å². The maximum Gasteiger partial charge on any atom is 0.407 e. The van der Waals surface area contributed by atoms with Gasteiger partial charge in [0, 0.05) is 30.9 Å². The molecule has 1 aliphatic heterocycles. The van der Waals surface area contributed by atoms with E-state index in [1.54, 1.807) is 20.8 Å². The summed E-state index contributed by atoms with van der Waals surface area (Å²) in [5, 5.41) is 9.00. The molecule has 2 N–H and O–H groups in total. The Bertz CT molecular complexity index is 434. The van der Waals surface area contributed by atoms with Gasteiger partial charge in [0.15, 0.2) is 0 Å². The van der Waals surface area contributed by atoms with Crippen LogP contribution < -0.4 is 4.72 Å². The molecule has 8 heteroatoms. The predicted molar refractivity (Wildman–Crippen MR) is 80.3 cm³/mol. The van der Waals surface area contributed by atoms with Crippen LogP contribution in [0, 0.1) is 5.41 Å². The van der Waals surface area contributed by atoms with Crippen molar-refractivity contribution in [2.24, 2.45) is 5.41 Å². The summed E-state index contributed by atoms with van der Waals surface area (Å²) in [6, 6.07) is -1.16. The summed E-state index contributed by atoms with van der Waals surface area (Å²) in [6.45, 7) is 5.73.